The van der Waals surface area contributed by atoms with Crippen LogP contribution in [0.3, 0.4) is 0 Å². The predicted molar refractivity (Wildman–Crippen MR) is 93.6 cm³/mol. The van der Waals surface area contributed by atoms with Crippen molar-refractivity contribution in [1.29, 1.82) is 0 Å². The third kappa shape index (κ3) is 3.54. The number of aryl methyl sites for hydroxylation is 1. The second-order valence-electron chi connectivity index (χ2n) is 4.83. The topological polar surface area (TPSA) is 63.8 Å². The van der Waals surface area contributed by atoms with Gasteiger partial charge in [-0.25, -0.2) is 9.97 Å². The van der Waals surface area contributed by atoms with E-state index in [2.05, 4.69) is 15.3 Å². The first-order valence-corrected chi connectivity index (χ1v) is 6.74. The number of aromatic nitrogens is 2. The highest BCUT2D eigenvalue weighted by atomic mass is 35.5. The number of anilines is 3. The van der Waals surface area contributed by atoms with Gasteiger partial charge in [-0.05, 0) is 30.7 Å². The Labute approximate surface area is 135 Å². The van der Waals surface area contributed by atoms with E-state index in [1.807, 2.05) is 61.5 Å². The smallest absolute Gasteiger partial charge is 0.227 e. The van der Waals surface area contributed by atoms with Crippen molar-refractivity contribution >= 4 is 29.7 Å². The normalized spacial score (nSPS) is 9.86. The first kappa shape index (κ1) is 15.8. The summed E-state index contributed by atoms with van der Waals surface area (Å²) >= 11 is 0. The van der Waals surface area contributed by atoms with E-state index in [4.69, 9.17) is 5.73 Å². The van der Waals surface area contributed by atoms with Gasteiger partial charge in [-0.1, -0.05) is 36.4 Å². The van der Waals surface area contributed by atoms with E-state index in [0.717, 1.165) is 22.5 Å². The Morgan fingerprint density at radius 1 is 1.00 bits per heavy atom. The van der Waals surface area contributed by atoms with Crippen molar-refractivity contribution < 1.29 is 0 Å². The highest BCUT2D eigenvalue weighted by Crippen LogP contribution is 2.22. The Morgan fingerprint density at radius 2 is 1.77 bits per heavy atom. The molecule has 3 aromatic rings. The summed E-state index contributed by atoms with van der Waals surface area (Å²) in [5.41, 5.74) is 10.5. The number of halogens is 1. The van der Waals surface area contributed by atoms with Gasteiger partial charge in [0, 0.05) is 23.1 Å². The molecule has 0 aliphatic heterocycles. The molecule has 22 heavy (non-hydrogen) atoms. The van der Waals surface area contributed by atoms with E-state index in [9.17, 15) is 0 Å². The van der Waals surface area contributed by atoms with Crippen LogP contribution in [0.25, 0.3) is 11.3 Å². The molecule has 4 nitrogen and oxygen atoms in total. The quantitative estimate of drug-likeness (QED) is 0.711. The van der Waals surface area contributed by atoms with Gasteiger partial charge in [0.25, 0.3) is 0 Å². The molecule has 1 heterocycles. The van der Waals surface area contributed by atoms with Gasteiger partial charge in [-0.3, -0.25) is 0 Å². The summed E-state index contributed by atoms with van der Waals surface area (Å²) in [6.07, 6.45) is 1.75. The second-order valence-corrected chi connectivity index (χ2v) is 4.83. The standard InChI is InChI=1S/C17H16N4.ClH/c1-12-7-8-14(18)11-16(12)21-17-19-10-9-15(20-17)13-5-3-2-4-6-13;/h2-11H,18H2,1H3,(H,19,20,21);1H. The summed E-state index contributed by atoms with van der Waals surface area (Å²) in [5, 5.41) is 3.22. The van der Waals surface area contributed by atoms with Crippen molar-refractivity contribution in [3.05, 3.63) is 66.4 Å². The number of nitrogen functional groups attached to an aromatic ring is 1. The molecule has 0 aliphatic carbocycles. The zero-order valence-electron chi connectivity index (χ0n) is 12.2. The maximum atomic E-state index is 5.82. The number of nitrogens with zero attached hydrogens (tertiary/aromatic N) is 2. The minimum atomic E-state index is 0. The minimum Gasteiger partial charge on any atom is -0.399 e. The molecule has 5 heteroatoms. The molecule has 2 aromatic carbocycles. The Hall–Kier alpha value is -2.59. The largest absolute Gasteiger partial charge is 0.399 e. The highest BCUT2D eigenvalue weighted by molar-refractivity contribution is 5.85. The number of benzene rings is 2. The van der Waals surface area contributed by atoms with Gasteiger partial charge >= 0.3 is 0 Å². The molecule has 0 bridgehead atoms. The van der Waals surface area contributed by atoms with Gasteiger partial charge in [-0.2, -0.15) is 0 Å². The van der Waals surface area contributed by atoms with Crippen molar-refractivity contribution in [2.75, 3.05) is 11.1 Å². The first-order chi connectivity index (χ1) is 10.2. The molecule has 0 spiro atoms. The number of rotatable bonds is 3. The monoisotopic (exact) mass is 312 g/mol. The number of hydrogen-bond acceptors (Lipinski definition) is 4. The lowest BCUT2D eigenvalue weighted by Crippen LogP contribution is -2.00. The van der Waals surface area contributed by atoms with Gasteiger partial charge < -0.3 is 11.1 Å². The number of hydrogen-bond donors (Lipinski definition) is 2. The molecule has 0 unspecified atom stereocenters. The van der Waals surface area contributed by atoms with Crippen LogP contribution in [0.15, 0.2) is 60.8 Å². The predicted octanol–water partition coefficient (Wildman–Crippen LogP) is 4.20. The average Bonchev–Trinajstić information content (AvgIpc) is 2.52. The fourth-order valence-electron chi connectivity index (χ4n) is 2.08. The van der Waals surface area contributed by atoms with Crippen LogP contribution in [-0.2, 0) is 0 Å². The summed E-state index contributed by atoms with van der Waals surface area (Å²) in [7, 11) is 0. The van der Waals surface area contributed by atoms with Crippen LogP contribution >= 0.6 is 12.4 Å². The van der Waals surface area contributed by atoms with Gasteiger partial charge in [0.15, 0.2) is 0 Å². The molecule has 1 aromatic heterocycles. The lowest BCUT2D eigenvalue weighted by molar-refractivity contribution is 1.17. The van der Waals surface area contributed by atoms with Crippen LogP contribution in [0.4, 0.5) is 17.3 Å². The summed E-state index contributed by atoms with van der Waals surface area (Å²) in [6, 6.07) is 17.6. The van der Waals surface area contributed by atoms with E-state index in [0.29, 0.717) is 11.6 Å². The van der Waals surface area contributed by atoms with Crippen molar-refractivity contribution in [2.45, 2.75) is 6.92 Å². The molecule has 3 rings (SSSR count). The van der Waals surface area contributed by atoms with Crippen molar-refractivity contribution in [2.24, 2.45) is 0 Å². The Balaban J connectivity index is 0.00000176. The fraction of sp³-hybridized carbons (Fsp3) is 0.0588. The van der Waals surface area contributed by atoms with Crippen molar-refractivity contribution in [3.8, 4) is 11.3 Å². The van der Waals surface area contributed by atoms with Crippen molar-refractivity contribution in [3.63, 3.8) is 0 Å². The lowest BCUT2D eigenvalue weighted by Gasteiger charge is -2.10. The van der Waals surface area contributed by atoms with E-state index in [-0.39, 0.29) is 12.4 Å². The molecule has 0 fully saturated rings. The van der Waals surface area contributed by atoms with Gasteiger partial charge in [0.05, 0.1) is 5.69 Å². The van der Waals surface area contributed by atoms with E-state index in [1.165, 1.54) is 0 Å². The maximum absolute atomic E-state index is 5.82. The summed E-state index contributed by atoms with van der Waals surface area (Å²) < 4.78 is 0. The molecule has 112 valence electrons. The van der Waals surface area contributed by atoms with Crippen LogP contribution in [-0.4, -0.2) is 9.97 Å². The molecule has 0 atom stereocenters. The molecule has 0 saturated heterocycles. The van der Waals surface area contributed by atoms with Crippen molar-refractivity contribution in [1.82, 2.24) is 9.97 Å². The second kappa shape index (κ2) is 6.91. The van der Waals surface area contributed by atoms with E-state index >= 15 is 0 Å². The molecule has 0 amide bonds. The first-order valence-electron chi connectivity index (χ1n) is 6.74. The summed E-state index contributed by atoms with van der Waals surface area (Å²) in [5.74, 6) is 0.560. The zero-order chi connectivity index (χ0) is 14.7. The Bertz CT molecular complexity index is 760. The fourth-order valence-corrected chi connectivity index (χ4v) is 2.08. The summed E-state index contributed by atoms with van der Waals surface area (Å²) in [4.78, 5) is 8.81. The Kier molecular flexibility index (Phi) is 4.96. The lowest BCUT2D eigenvalue weighted by atomic mass is 10.1. The van der Waals surface area contributed by atoms with E-state index < -0.39 is 0 Å². The summed E-state index contributed by atoms with van der Waals surface area (Å²) in [6.45, 7) is 2.02. The molecule has 3 N–H and O–H groups in total. The molecule has 0 saturated carbocycles. The molecule has 0 aliphatic rings. The average molecular weight is 313 g/mol. The molecule has 0 radical (unpaired) electrons. The van der Waals surface area contributed by atoms with Gasteiger partial charge in [0.1, 0.15) is 0 Å². The maximum Gasteiger partial charge on any atom is 0.227 e. The zero-order valence-corrected chi connectivity index (χ0v) is 13.0. The van der Waals surface area contributed by atoms with Gasteiger partial charge in [-0.15, -0.1) is 12.4 Å². The van der Waals surface area contributed by atoms with Gasteiger partial charge in [0.2, 0.25) is 5.95 Å². The third-order valence-electron chi connectivity index (χ3n) is 3.23. The highest BCUT2D eigenvalue weighted by Gasteiger charge is 2.04. The Morgan fingerprint density at radius 3 is 2.55 bits per heavy atom. The SMILES string of the molecule is Cc1ccc(N)cc1Nc1nccc(-c2ccccc2)n1.Cl. The van der Waals surface area contributed by atoms with Crippen LogP contribution in [0.1, 0.15) is 5.56 Å². The number of nitrogens with one attached hydrogen (secondary N) is 1. The molecular weight excluding hydrogens is 296 g/mol. The van der Waals surface area contributed by atoms with Crippen LogP contribution in [0.2, 0.25) is 0 Å². The van der Waals surface area contributed by atoms with E-state index in [1.54, 1.807) is 6.20 Å². The van der Waals surface area contributed by atoms with Crippen LogP contribution in [0.5, 0.6) is 0 Å². The number of nitrogens with two attached hydrogens (primary N) is 1. The third-order valence-corrected chi connectivity index (χ3v) is 3.23. The van der Waals surface area contributed by atoms with Crippen LogP contribution in [0, 0.1) is 6.92 Å². The van der Waals surface area contributed by atoms with Crippen LogP contribution < -0.4 is 11.1 Å². The molecular formula is C17H17ClN4. The minimum absolute atomic E-state index is 0.